The number of hydrogen-bond donors (Lipinski definition) is 1. The zero-order valence-corrected chi connectivity index (χ0v) is 13.1. The van der Waals surface area contributed by atoms with Crippen molar-refractivity contribution in [2.75, 3.05) is 41.4 Å². The first-order valence-corrected chi connectivity index (χ1v) is 6.72. The summed E-state index contributed by atoms with van der Waals surface area (Å²) in [5, 5.41) is 3.09. The highest BCUT2D eigenvalue weighted by atomic mass is 16.5. The van der Waals surface area contributed by atoms with E-state index < -0.39 is 0 Å². The Labute approximate surface area is 127 Å². The van der Waals surface area contributed by atoms with E-state index in [1.165, 1.54) is 5.56 Å². The van der Waals surface area contributed by atoms with Gasteiger partial charge < -0.3 is 19.7 Å². The summed E-state index contributed by atoms with van der Waals surface area (Å²) in [6, 6.07) is 5.94. The largest absolute Gasteiger partial charge is 0.493 e. The van der Waals surface area contributed by atoms with Gasteiger partial charge in [-0.1, -0.05) is 12.0 Å². The van der Waals surface area contributed by atoms with Gasteiger partial charge in [-0.15, -0.1) is 6.42 Å². The number of ether oxygens (including phenoxy) is 2. The maximum absolute atomic E-state index is 5.31. The minimum atomic E-state index is 0.466. The van der Waals surface area contributed by atoms with Gasteiger partial charge in [0.2, 0.25) is 0 Å². The van der Waals surface area contributed by atoms with Crippen molar-refractivity contribution in [3.05, 3.63) is 23.8 Å². The molecular weight excluding hydrogens is 266 g/mol. The molecule has 0 saturated heterocycles. The van der Waals surface area contributed by atoms with Crippen molar-refractivity contribution in [2.45, 2.75) is 6.42 Å². The number of guanidine groups is 1. The van der Waals surface area contributed by atoms with Crippen LogP contribution in [0.2, 0.25) is 0 Å². The standard InChI is InChI=1S/C16H23N3O2/c1-6-10-18-16(17-2)19(3)11-9-13-7-8-14(20-4)15(12-13)21-5/h1,7-8,12H,9-11H2,2-5H3,(H,17,18). The zero-order valence-electron chi connectivity index (χ0n) is 13.1. The Kier molecular flexibility index (Phi) is 6.96. The maximum atomic E-state index is 5.31. The van der Waals surface area contributed by atoms with Crippen molar-refractivity contribution in [1.82, 2.24) is 10.2 Å². The van der Waals surface area contributed by atoms with E-state index in [0.717, 1.165) is 30.4 Å². The molecule has 0 spiro atoms. The number of terminal acetylenes is 1. The topological polar surface area (TPSA) is 46.1 Å². The summed E-state index contributed by atoms with van der Waals surface area (Å²) < 4.78 is 10.5. The van der Waals surface area contributed by atoms with Crippen LogP contribution >= 0.6 is 0 Å². The van der Waals surface area contributed by atoms with Crippen molar-refractivity contribution in [3.8, 4) is 23.8 Å². The third-order valence-corrected chi connectivity index (χ3v) is 3.11. The summed E-state index contributed by atoms with van der Waals surface area (Å²) in [5.74, 6) is 4.81. The molecule has 1 N–H and O–H groups in total. The van der Waals surface area contributed by atoms with Gasteiger partial charge in [-0.25, -0.2) is 0 Å². The first-order chi connectivity index (χ1) is 10.2. The first kappa shape index (κ1) is 16.7. The molecule has 0 amide bonds. The average Bonchev–Trinajstić information content (AvgIpc) is 2.53. The number of nitrogens with zero attached hydrogens (tertiary/aromatic N) is 2. The Balaban J connectivity index is 2.64. The molecule has 0 bridgehead atoms. The fourth-order valence-corrected chi connectivity index (χ4v) is 1.95. The molecule has 0 unspecified atom stereocenters. The van der Waals surface area contributed by atoms with Crippen LogP contribution in [0.3, 0.4) is 0 Å². The van der Waals surface area contributed by atoms with E-state index in [4.69, 9.17) is 15.9 Å². The molecule has 1 rings (SSSR count). The van der Waals surface area contributed by atoms with E-state index in [1.54, 1.807) is 21.3 Å². The third kappa shape index (κ3) is 4.92. The summed E-state index contributed by atoms with van der Waals surface area (Å²) in [6.45, 7) is 1.28. The number of benzene rings is 1. The predicted octanol–water partition coefficient (Wildman–Crippen LogP) is 1.39. The number of hydrogen-bond acceptors (Lipinski definition) is 3. The molecule has 0 saturated carbocycles. The van der Waals surface area contributed by atoms with Crippen LogP contribution in [0.4, 0.5) is 0 Å². The normalized spacial score (nSPS) is 10.7. The van der Waals surface area contributed by atoms with Crippen molar-refractivity contribution in [3.63, 3.8) is 0 Å². The molecule has 0 heterocycles. The van der Waals surface area contributed by atoms with Crippen LogP contribution < -0.4 is 14.8 Å². The second-order valence-corrected chi connectivity index (χ2v) is 4.47. The van der Waals surface area contributed by atoms with Crippen LogP contribution in [0.25, 0.3) is 0 Å². The Morgan fingerprint density at radius 2 is 2.05 bits per heavy atom. The molecule has 0 atom stereocenters. The Morgan fingerprint density at radius 3 is 2.62 bits per heavy atom. The average molecular weight is 289 g/mol. The molecule has 0 aliphatic carbocycles. The Hall–Kier alpha value is -2.35. The SMILES string of the molecule is C#CCNC(=NC)N(C)CCc1ccc(OC)c(OC)c1. The number of nitrogens with one attached hydrogen (secondary N) is 1. The summed E-state index contributed by atoms with van der Waals surface area (Å²) in [6.07, 6.45) is 6.11. The lowest BCUT2D eigenvalue weighted by Crippen LogP contribution is -2.40. The molecule has 1 aromatic rings. The molecule has 114 valence electrons. The van der Waals surface area contributed by atoms with Gasteiger partial charge in [0.05, 0.1) is 20.8 Å². The smallest absolute Gasteiger partial charge is 0.194 e. The molecule has 5 heteroatoms. The van der Waals surface area contributed by atoms with E-state index in [2.05, 4.69) is 16.2 Å². The van der Waals surface area contributed by atoms with Crippen molar-refractivity contribution < 1.29 is 9.47 Å². The highest BCUT2D eigenvalue weighted by molar-refractivity contribution is 5.79. The maximum Gasteiger partial charge on any atom is 0.194 e. The van der Waals surface area contributed by atoms with E-state index in [9.17, 15) is 0 Å². The van der Waals surface area contributed by atoms with Crippen molar-refractivity contribution >= 4 is 5.96 Å². The van der Waals surface area contributed by atoms with Gasteiger partial charge in [0.25, 0.3) is 0 Å². The van der Waals surface area contributed by atoms with Gasteiger partial charge in [-0.2, -0.15) is 0 Å². The van der Waals surface area contributed by atoms with E-state index in [1.807, 2.05) is 30.1 Å². The lowest BCUT2D eigenvalue weighted by molar-refractivity contribution is 0.354. The van der Waals surface area contributed by atoms with E-state index >= 15 is 0 Å². The third-order valence-electron chi connectivity index (χ3n) is 3.11. The molecule has 0 aliphatic rings. The lowest BCUT2D eigenvalue weighted by Gasteiger charge is -2.21. The molecule has 0 aromatic heterocycles. The highest BCUT2D eigenvalue weighted by Gasteiger charge is 2.07. The van der Waals surface area contributed by atoms with Crippen LogP contribution in [-0.4, -0.2) is 52.3 Å². The number of aliphatic imine (C=N–C) groups is 1. The number of likely N-dealkylation sites (N-methyl/N-ethyl adjacent to an activating group) is 1. The quantitative estimate of drug-likeness (QED) is 0.488. The summed E-state index contributed by atoms with van der Waals surface area (Å²) >= 11 is 0. The second kappa shape index (κ2) is 8.75. The van der Waals surface area contributed by atoms with Crippen molar-refractivity contribution in [1.29, 1.82) is 0 Å². The minimum absolute atomic E-state index is 0.466. The zero-order chi connectivity index (χ0) is 15.7. The first-order valence-electron chi connectivity index (χ1n) is 6.72. The molecule has 5 nitrogen and oxygen atoms in total. The summed E-state index contributed by atoms with van der Waals surface area (Å²) in [5.41, 5.74) is 1.17. The molecule has 21 heavy (non-hydrogen) atoms. The highest BCUT2D eigenvalue weighted by Crippen LogP contribution is 2.27. The van der Waals surface area contributed by atoms with Crippen LogP contribution in [0.1, 0.15) is 5.56 Å². The van der Waals surface area contributed by atoms with Crippen LogP contribution in [0.15, 0.2) is 23.2 Å². The van der Waals surface area contributed by atoms with Gasteiger partial charge in [0, 0.05) is 20.6 Å². The number of methoxy groups -OCH3 is 2. The van der Waals surface area contributed by atoms with Gasteiger partial charge in [0.1, 0.15) is 0 Å². The molecule has 0 radical (unpaired) electrons. The van der Waals surface area contributed by atoms with Crippen molar-refractivity contribution in [2.24, 2.45) is 4.99 Å². The number of rotatable bonds is 6. The van der Waals surface area contributed by atoms with Gasteiger partial charge in [-0.05, 0) is 24.1 Å². The fraction of sp³-hybridized carbons (Fsp3) is 0.438. The second-order valence-electron chi connectivity index (χ2n) is 4.47. The Bertz CT molecular complexity index is 521. The molecule has 1 aromatic carbocycles. The fourth-order valence-electron chi connectivity index (χ4n) is 1.95. The van der Waals surface area contributed by atoms with E-state index in [-0.39, 0.29) is 0 Å². The summed E-state index contributed by atoms with van der Waals surface area (Å²) in [7, 11) is 6.99. The van der Waals surface area contributed by atoms with Gasteiger partial charge in [-0.3, -0.25) is 4.99 Å². The van der Waals surface area contributed by atoms with Gasteiger partial charge in [0.15, 0.2) is 17.5 Å². The molecular formula is C16H23N3O2. The van der Waals surface area contributed by atoms with Gasteiger partial charge >= 0.3 is 0 Å². The van der Waals surface area contributed by atoms with Crippen LogP contribution in [-0.2, 0) is 6.42 Å². The Morgan fingerprint density at radius 1 is 1.33 bits per heavy atom. The molecule has 0 fully saturated rings. The van der Waals surface area contributed by atoms with Crippen LogP contribution in [0.5, 0.6) is 11.5 Å². The predicted molar refractivity (Wildman–Crippen MR) is 86.1 cm³/mol. The summed E-state index contributed by atoms with van der Waals surface area (Å²) in [4.78, 5) is 6.23. The van der Waals surface area contributed by atoms with Crippen LogP contribution in [0, 0.1) is 12.3 Å². The lowest BCUT2D eigenvalue weighted by atomic mass is 10.1. The monoisotopic (exact) mass is 289 g/mol. The van der Waals surface area contributed by atoms with E-state index in [0.29, 0.717) is 6.54 Å². The molecule has 0 aliphatic heterocycles. The minimum Gasteiger partial charge on any atom is -0.493 e.